The number of sulfone groups is 1. The summed E-state index contributed by atoms with van der Waals surface area (Å²) in [5.74, 6) is -2.37. The Hall–Kier alpha value is -1.44. The molecular formula is C12H8ClFO4S2. The molecule has 8 heteroatoms. The number of carboxylic acid groups (broad SMARTS) is 1. The summed E-state index contributed by atoms with van der Waals surface area (Å²) in [5, 5.41) is 10.2. The number of thiophene rings is 1. The highest BCUT2D eigenvalue weighted by molar-refractivity contribution is 7.90. The van der Waals surface area contributed by atoms with Crippen molar-refractivity contribution in [2.24, 2.45) is 0 Å². The lowest BCUT2D eigenvalue weighted by molar-refractivity contribution is 0.0701. The van der Waals surface area contributed by atoms with Gasteiger partial charge in [-0.1, -0.05) is 11.6 Å². The molecule has 20 heavy (non-hydrogen) atoms. The van der Waals surface area contributed by atoms with Crippen molar-refractivity contribution >= 4 is 38.7 Å². The second-order valence-electron chi connectivity index (χ2n) is 3.92. The van der Waals surface area contributed by atoms with E-state index in [0.29, 0.717) is 0 Å². The van der Waals surface area contributed by atoms with Crippen LogP contribution in [0.15, 0.2) is 34.5 Å². The summed E-state index contributed by atoms with van der Waals surface area (Å²) in [5.41, 5.74) is 0.197. The SMILES string of the molecule is O=C(O)c1sccc1CS(=O)(=O)c1ccc(F)c(Cl)c1. The van der Waals surface area contributed by atoms with Crippen LogP contribution in [0, 0.1) is 5.82 Å². The van der Waals surface area contributed by atoms with E-state index in [1.165, 1.54) is 11.4 Å². The van der Waals surface area contributed by atoms with Crippen molar-refractivity contribution in [3.05, 3.63) is 50.9 Å². The molecule has 0 saturated heterocycles. The zero-order valence-electron chi connectivity index (χ0n) is 9.84. The Morgan fingerprint density at radius 3 is 2.65 bits per heavy atom. The molecule has 4 nitrogen and oxygen atoms in total. The third-order valence-corrected chi connectivity index (χ3v) is 5.43. The summed E-state index contributed by atoms with van der Waals surface area (Å²) in [6.07, 6.45) is 0. The molecule has 106 valence electrons. The topological polar surface area (TPSA) is 71.4 Å². The fourth-order valence-corrected chi connectivity index (χ4v) is 4.08. The molecule has 0 fully saturated rings. The molecule has 0 aliphatic carbocycles. The van der Waals surface area contributed by atoms with Gasteiger partial charge in [0.25, 0.3) is 0 Å². The highest BCUT2D eigenvalue weighted by Gasteiger charge is 2.21. The molecule has 2 aromatic rings. The van der Waals surface area contributed by atoms with Crippen LogP contribution in [-0.4, -0.2) is 19.5 Å². The van der Waals surface area contributed by atoms with Gasteiger partial charge in [0.15, 0.2) is 9.84 Å². The van der Waals surface area contributed by atoms with E-state index >= 15 is 0 Å². The van der Waals surface area contributed by atoms with Crippen molar-refractivity contribution in [2.45, 2.75) is 10.6 Å². The molecule has 0 aliphatic heterocycles. The van der Waals surface area contributed by atoms with Gasteiger partial charge in [0.2, 0.25) is 0 Å². The van der Waals surface area contributed by atoms with Gasteiger partial charge < -0.3 is 5.11 Å². The summed E-state index contributed by atoms with van der Waals surface area (Å²) in [4.78, 5) is 10.8. The van der Waals surface area contributed by atoms with Gasteiger partial charge in [0, 0.05) is 0 Å². The van der Waals surface area contributed by atoms with Gasteiger partial charge in [-0.15, -0.1) is 11.3 Å². The maximum atomic E-state index is 13.0. The number of carboxylic acids is 1. The van der Waals surface area contributed by atoms with Crippen LogP contribution >= 0.6 is 22.9 Å². The molecule has 0 amide bonds. The van der Waals surface area contributed by atoms with Crippen molar-refractivity contribution in [3.8, 4) is 0 Å². The fraction of sp³-hybridized carbons (Fsp3) is 0.0833. The van der Waals surface area contributed by atoms with E-state index in [9.17, 15) is 17.6 Å². The van der Waals surface area contributed by atoms with E-state index in [0.717, 1.165) is 29.5 Å². The predicted molar refractivity (Wildman–Crippen MR) is 73.6 cm³/mol. The number of carbonyl (C=O) groups is 1. The van der Waals surface area contributed by atoms with Crippen molar-refractivity contribution in [1.29, 1.82) is 0 Å². The Morgan fingerprint density at radius 1 is 1.35 bits per heavy atom. The molecule has 0 spiro atoms. The summed E-state index contributed by atoms with van der Waals surface area (Å²) in [7, 11) is -3.79. The van der Waals surface area contributed by atoms with Crippen LogP contribution in [-0.2, 0) is 15.6 Å². The Labute approximate surface area is 123 Å². The maximum absolute atomic E-state index is 13.0. The minimum atomic E-state index is -3.79. The van der Waals surface area contributed by atoms with Gasteiger partial charge in [-0.05, 0) is 35.2 Å². The van der Waals surface area contributed by atoms with Gasteiger partial charge >= 0.3 is 5.97 Å². The molecular weight excluding hydrogens is 327 g/mol. The summed E-state index contributed by atoms with van der Waals surface area (Å²) < 4.78 is 37.4. The average Bonchev–Trinajstić information content (AvgIpc) is 2.80. The molecule has 1 aromatic heterocycles. The normalized spacial score (nSPS) is 11.5. The van der Waals surface area contributed by atoms with Gasteiger partial charge in [-0.25, -0.2) is 17.6 Å². The van der Waals surface area contributed by atoms with Crippen molar-refractivity contribution in [3.63, 3.8) is 0 Å². The van der Waals surface area contributed by atoms with E-state index in [1.807, 2.05) is 0 Å². The van der Waals surface area contributed by atoms with Crippen LogP contribution in [0.1, 0.15) is 15.2 Å². The van der Waals surface area contributed by atoms with Gasteiger partial charge in [-0.3, -0.25) is 0 Å². The van der Waals surface area contributed by atoms with E-state index in [-0.39, 0.29) is 20.4 Å². The van der Waals surface area contributed by atoms with Crippen molar-refractivity contribution in [1.82, 2.24) is 0 Å². The highest BCUT2D eigenvalue weighted by Crippen LogP contribution is 2.25. The number of benzene rings is 1. The monoisotopic (exact) mass is 334 g/mol. The Bertz CT molecular complexity index is 768. The summed E-state index contributed by atoms with van der Waals surface area (Å²) in [6.45, 7) is 0. The van der Waals surface area contributed by atoms with Crippen molar-refractivity contribution < 1.29 is 22.7 Å². The summed E-state index contributed by atoms with van der Waals surface area (Å²) in [6, 6.07) is 4.51. The van der Waals surface area contributed by atoms with E-state index in [2.05, 4.69) is 0 Å². The molecule has 0 bridgehead atoms. The Morgan fingerprint density at radius 2 is 2.05 bits per heavy atom. The zero-order chi connectivity index (χ0) is 14.9. The first-order valence-corrected chi connectivity index (χ1v) is 8.20. The average molecular weight is 335 g/mol. The van der Waals surface area contributed by atoms with Crippen LogP contribution in [0.3, 0.4) is 0 Å². The molecule has 1 aromatic carbocycles. The predicted octanol–water partition coefficient (Wildman–Crippen LogP) is 3.21. The van der Waals surface area contributed by atoms with E-state index in [4.69, 9.17) is 16.7 Å². The first kappa shape index (κ1) is 15.0. The molecule has 1 heterocycles. The second kappa shape index (κ2) is 5.51. The molecule has 0 radical (unpaired) electrons. The molecule has 0 saturated carbocycles. The minimum absolute atomic E-state index is 0.0261. The largest absolute Gasteiger partial charge is 0.477 e. The number of aromatic carboxylic acids is 1. The van der Waals surface area contributed by atoms with Crippen LogP contribution in [0.5, 0.6) is 0 Å². The lowest BCUT2D eigenvalue weighted by atomic mass is 10.3. The van der Waals surface area contributed by atoms with Crippen LogP contribution < -0.4 is 0 Å². The first-order chi connectivity index (χ1) is 9.31. The molecule has 0 atom stereocenters. The number of halogens is 2. The molecule has 0 unspecified atom stereocenters. The zero-order valence-corrected chi connectivity index (χ0v) is 12.2. The van der Waals surface area contributed by atoms with Gasteiger partial charge in [0.05, 0.1) is 15.7 Å². The van der Waals surface area contributed by atoms with E-state index in [1.54, 1.807) is 0 Å². The third-order valence-electron chi connectivity index (χ3n) is 2.54. The van der Waals surface area contributed by atoms with Crippen LogP contribution in [0.4, 0.5) is 4.39 Å². The first-order valence-electron chi connectivity index (χ1n) is 5.29. The van der Waals surface area contributed by atoms with Crippen molar-refractivity contribution in [2.75, 3.05) is 0 Å². The van der Waals surface area contributed by atoms with Gasteiger partial charge in [-0.2, -0.15) is 0 Å². The Kier molecular flexibility index (Phi) is 4.12. The standard InChI is InChI=1S/C12H8ClFO4S2/c13-9-5-8(1-2-10(9)14)20(17,18)6-7-3-4-19-11(7)12(15)16/h1-5H,6H2,(H,15,16). The minimum Gasteiger partial charge on any atom is -0.477 e. The van der Waals surface area contributed by atoms with Gasteiger partial charge in [0.1, 0.15) is 10.7 Å². The quantitative estimate of drug-likeness (QED) is 0.871. The highest BCUT2D eigenvalue weighted by atomic mass is 35.5. The van der Waals surface area contributed by atoms with Crippen LogP contribution in [0.2, 0.25) is 5.02 Å². The Balaban J connectivity index is 2.38. The molecule has 2 rings (SSSR count). The fourth-order valence-electron chi connectivity index (χ4n) is 1.60. The third kappa shape index (κ3) is 3.00. The second-order valence-corrected chi connectivity index (χ2v) is 7.23. The molecule has 1 N–H and O–H groups in total. The smallest absolute Gasteiger partial charge is 0.346 e. The lowest BCUT2D eigenvalue weighted by Crippen LogP contribution is -2.07. The number of hydrogen-bond acceptors (Lipinski definition) is 4. The molecule has 0 aliphatic rings. The maximum Gasteiger partial charge on any atom is 0.346 e. The number of hydrogen-bond donors (Lipinski definition) is 1. The van der Waals surface area contributed by atoms with E-state index < -0.39 is 27.4 Å². The number of rotatable bonds is 4. The lowest BCUT2D eigenvalue weighted by Gasteiger charge is -2.05. The summed E-state index contributed by atoms with van der Waals surface area (Å²) >= 11 is 6.50. The van der Waals surface area contributed by atoms with Crippen LogP contribution in [0.25, 0.3) is 0 Å².